The second kappa shape index (κ2) is 4.22. The standard InChI is InChI=1S/C12H13F2NO/c1-3-15-7(2)11-5-8-4-9(13)6-10(14)12(8)16-11/h4-7,15H,3H2,1-2H3. The molecule has 1 atom stereocenters. The fraction of sp³-hybridized carbons (Fsp3) is 0.333. The second-order valence-corrected chi connectivity index (χ2v) is 3.73. The second-order valence-electron chi connectivity index (χ2n) is 3.73. The average molecular weight is 225 g/mol. The summed E-state index contributed by atoms with van der Waals surface area (Å²) < 4.78 is 31.7. The van der Waals surface area contributed by atoms with Crippen LogP contribution in [0.15, 0.2) is 22.6 Å². The van der Waals surface area contributed by atoms with E-state index in [1.165, 1.54) is 6.07 Å². The third-order valence-corrected chi connectivity index (χ3v) is 2.49. The smallest absolute Gasteiger partial charge is 0.170 e. The van der Waals surface area contributed by atoms with Gasteiger partial charge < -0.3 is 9.73 Å². The summed E-state index contributed by atoms with van der Waals surface area (Å²) in [4.78, 5) is 0. The summed E-state index contributed by atoms with van der Waals surface area (Å²) in [5, 5.41) is 3.60. The average Bonchev–Trinajstić information content (AvgIpc) is 2.62. The van der Waals surface area contributed by atoms with Crippen LogP contribution < -0.4 is 5.32 Å². The fourth-order valence-corrected chi connectivity index (χ4v) is 1.72. The first-order chi connectivity index (χ1) is 7.61. The van der Waals surface area contributed by atoms with Crippen LogP contribution in [-0.2, 0) is 0 Å². The molecule has 0 aliphatic rings. The molecular weight excluding hydrogens is 212 g/mol. The molecule has 2 rings (SSSR count). The molecule has 2 aromatic rings. The van der Waals surface area contributed by atoms with E-state index in [1.54, 1.807) is 6.07 Å². The summed E-state index contributed by atoms with van der Waals surface area (Å²) in [6, 6.07) is 3.74. The minimum absolute atomic E-state index is 0.0140. The van der Waals surface area contributed by atoms with Crippen molar-refractivity contribution < 1.29 is 13.2 Å². The highest BCUT2D eigenvalue weighted by molar-refractivity contribution is 5.78. The Bertz CT molecular complexity index is 507. The number of rotatable bonds is 3. The SMILES string of the molecule is CCNC(C)c1cc2cc(F)cc(F)c2o1. The lowest BCUT2D eigenvalue weighted by Gasteiger charge is -2.07. The number of furan rings is 1. The third kappa shape index (κ3) is 1.93. The van der Waals surface area contributed by atoms with E-state index in [-0.39, 0.29) is 11.6 Å². The molecule has 86 valence electrons. The molecule has 0 saturated heterocycles. The largest absolute Gasteiger partial charge is 0.456 e. The van der Waals surface area contributed by atoms with E-state index in [9.17, 15) is 8.78 Å². The van der Waals surface area contributed by atoms with Gasteiger partial charge in [0.05, 0.1) is 6.04 Å². The molecule has 0 fully saturated rings. The predicted molar refractivity (Wildman–Crippen MR) is 58.2 cm³/mol. The summed E-state index contributed by atoms with van der Waals surface area (Å²) in [6.07, 6.45) is 0. The van der Waals surface area contributed by atoms with Gasteiger partial charge in [-0.05, 0) is 25.6 Å². The maximum absolute atomic E-state index is 13.4. The summed E-state index contributed by atoms with van der Waals surface area (Å²) in [6.45, 7) is 4.67. The minimum atomic E-state index is -0.662. The molecule has 0 bridgehead atoms. The van der Waals surface area contributed by atoms with Crippen molar-refractivity contribution in [1.82, 2.24) is 5.32 Å². The van der Waals surface area contributed by atoms with Crippen molar-refractivity contribution in [3.05, 3.63) is 35.6 Å². The number of halogens is 2. The molecule has 1 aromatic carbocycles. The molecule has 1 unspecified atom stereocenters. The van der Waals surface area contributed by atoms with Crippen molar-refractivity contribution in [2.75, 3.05) is 6.54 Å². The van der Waals surface area contributed by atoms with E-state index in [4.69, 9.17) is 4.42 Å². The zero-order valence-electron chi connectivity index (χ0n) is 9.18. The lowest BCUT2D eigenvalue weighted by atomic mass is 10.2. The van der Waals surface area contributed by atoms with Crippen LogP contribution in [0.4, 0.5) is 8.78 Å². The van der Waals surface area contributed by atoms with Gasteiger partial charge in [0.1, 0.15) is 11.6 Å². The quantitative estimate of drug-likeness (QED) is 0.866. The lowest BCUT2D eigenvalue weighted by Crippen LogP contribution is -2.16. The van der Waals surface area contributed by atoms with Crippen LogP contribution in [0.2, 0.25) is 0 Å². The first-order valence-corrected chi connectivity index (χ1v) is 5.23. The van der Waals surface area contributed by atoms with Crippen molar-refractivity contribution >= 4 is 11.0 Å². The molecule has 0 amide bonds. The third-order valence-electron chi connectivity index (χ3n) is 2.49. The van der Waals surface area contributed by atoms with Crippen LogP contribution in [0.1, 0.15) is 25.6 Å². The number of hydrogen-bond donors (Lipinski definition) is 1. The predicted octanol–water partition coefficient (Wildman–Crippen LogP) is 3.38. The van der Waals surface area contributed by atoms with Crippen molar-refractivity contribution in [3.8, 4) is 0 Å². The molecule has 0 saturated carbocycles. The Balaban J connectivity index is 2.47. The van der Waals surface area contributed by atoms with Gasteiger partial charge in [0.2, 0.25) is 0 Å². The molecule has 1 N–H and O–H groups in total. The maximum Gasteiger partial charge on any atom is 0.170 e. The highest BCUT2D eigenvalue weighted by Gasteiger charge is 2.14. The Morgan fingerprint density at radius 1 is 1.31 bits per heavy atom. The molecule has 0 aliphatic carbocycles. The van der Waals surface area contributed by atoms with E-state index in [0.717, 1.165) is 12.6 Å². The van der Waals surface area contributed by atoms with E-state index in [0.29, 0.717) is 11.1 Å². The summed E-state index contributed by atoms with van der Waals surface area (Å²) in [5.41, 5.74) is 0.112. The molecule has 0 spiro atoms. The van der Waals surface area contributed by atoms with Crippen LogP contribution in [0.5, 0.6) is 0 Å². The van der Waals surface area contributed by atoms with Gasteiger partial charge in [0.25, 0.3) is 0 Å². The molecule has 4 heteroatoms. The van der Waals surface area contributed by atoms with Gasteiger partial charge in [0.15, 0.2) is 11.4 Å². The first-order valence-electron chi connectivity index (χ1n) is 5.23. The molecule has 1 aromatic heterocycles. The summed E-state index contributed by atoms with van der Waals surface area (Å²) >= 11 is 0. The van der Waals surface area contributed by atoms with Crippen molar-refractivity contribution in [3.63, 3.8) is 0 Å². The minimum Gasteiger partial charge on any atom is -0.456 e. The topological polar surface area (TPSA) is 25.2 Å². The molecule has 0 radical (unpaired) electrons. The Morgan fingerprint density at radius 3 is 2.75 bits per heavy atom. The van der Waals surface area contributed by atoms with Crippen molar-refractivity contribution in [1.29, 1.82) is 0 Å². The Labute approximate surface area is 92.2 Å². The lowest BCUT2D eigenvalue weighted by molar-refractivity contribution is 0.448. The molecule has 1 heterocycles. The number of benzene rings is 1. The highest BCUT2D eigenvalue weighted by atomic mass is 19.1. The zero-order valence-corrected chi connectivity index (χ0v) is 9.18. The molecular formula is C12H13F2NO. The van der Waals surface area contributed by atoms with Crippen LogP contribution in [-0.4, -0.2) is 6.54 Å². The van der Waals surface area contributed by atoms with E-state index in [1.807, 2.05) is 13.8 Å². The van der Waals surface area contributed by atoms with E-state index >= 15 is 0 Å². The first kappa shape index (κ1) is 11.1. The number of nitrogens with one attached hydrogen (secondary N) is 1. The molecule has 2 nitrogen and oxygen atoms in total. The highest BCUT2D eigenvalue weighted by Crippen LogP contribution is 2.26. The van der Waals surface area contributed by atoms with Gasteiger partial charge in [-0.1, -0.05) is 6.92 Å². The van der Waals surface area contributed by atoms with Crippen LogP contribution in [0.25, 0.3) is 11.0 Å². The van der Waals surface area contributed by atoms with Gasteiger partial charge in [-0.2, -0.15) is 0 Å². The number of hydrogen-bond acceptors (Lipinski definition) is 2. The zero-order chi connectivity index (χ0) is 11.7. The van der Waals surface area contributed by atoms with Gasteiger partial charge in [-0.25, -0.2) is 8.78 Å². The van der Waals surface area contributed by atoms with E-state index < -0.39 is 11.6 Å². The summed E-state index contributed by atoms with van der Waals surface area (Å²) in [5.74, 6) is -0.639. The number of fused-ring (bicyclic) bond motifs is 1. The van der Waals surface area contributed by atoms with Gasteiger partial charge in [-0.3, -0.25) is 0 Å². The van der Waals surface area contributed by atoms with Crippen LogP contribution in [0, 0.1) is 11.6 Å². The Hall–Kier alpha value is -1.42. The van der Waals surface area contributed by atoms with Crippen molar-refractivity contribution in [2.24, 2.45) is 0 Å². The van der Waals surface area contributed by atoms with Crippen LogP contribution in [0.3, 0.4) is 0 Å². The van der Waals surface area contributed by atoms with Gasteiger partial charge in [-0.15, -0.1) is 0 Å². The summed E-state index contributed by atoms with van der Waals surface area (Å²) in [7, 11) is 0. The maximum atomic E-state index is 13.4. The van der Waals surface area contributed by atoms with Gasteiger partial charge in [0, 0.05) is 11.5 Å². The van der Waals surface area contributed by atoms with E-state index in [2.05, 4.69) is 5.32 Å². The van der Waals surface area contributed by atoms with Crippen molar-refractivity contribution in [2.45, 2.75) is 19.9 Å². The normalized spacial score (nSPS) is 13.2. The van der Waals surface area contributed by atoms with Crippen LogP contribution >= 0.6 is 0 Å². The molecule has 0 aliphatic heterocycles. The Kier molecular flexibility index (Phi) is 2.92. The fourth-order valence-electron chi connectivity index (χ4n) is 1.72. The Morgan fingerprint density at radius 2 is 2.06 bits per heavy atom. The monoisotopic (exact) mass is 225 g/mol. The van der Waals surface area contributed by atoms with Gasteiger partial charge >= 0.3 is 0 Å². The molecule has 16 heavy (non-hydrogen) atoms.